The molecule has 0 aliphatic carbocycles. The molecule has 9 aromatic rings. The van der Waals surface area contributed by atoms with Gasteiger partial charge in [-0.15, -0.1) is 0 Å². The normalized spacial score (nSPS) is 13.4. The molecule has 1 aromatic heterocycles. The molecule has 49 heavy (non-hydrogen) atoms. The van der Waals surface area contributed by atoms with Gasteiger partial charge in [0, 0.05) is 16.3 Å². The van der Waals surface area contributed by atoms with Gasteiger partial charge in [-0.3, -0.25) is 0 Å². The number of furan rings is 1. The average molecular weight is 634 g/mol. The molecule has 0 saturated heterocycles. The highest BCUT2D eigenvalue weighted by molar-refractivity contribution is 6.22. The molecule has 0 aliphatic heterocycles. The molecule has 8 aromatic carbocycles. The van der Waals surface area contributed by atoms with Crippen LogP contribution in [0.4, 0.5) is 0 Å². The van der Waals surface area contributed by atoms with E-state index >= 15 is 0 Å². The molecule has 9 rings (SSSR count). The maximum Gasteiger partial charge on any atom is 0.136 e. The number of fused-ring (bicyclic) bond motifs is 5. The molecule has 0 aliphatic rings. The highest BCUT2D eigenvalue weighted by Gasteiger charge is 2.21. The lowest BCUT2D eigenvalue weighted by Gasteiger charge is -2.23. The van der Waals surface area contributed by atoms with E-state index in [0.29, 0.717) is 5.56 Å². The van der Waals surface area contributed by atoms with Crippen molar-refractivity contribution in [1.82, 2.24) is 0 Å². The quantitative estimate of drug-likeness (QED) is 0.176. The molecule has 0 unspecified atom stereocenters. The fraction of sp³-hybridized carbons (Fsp3) is 0.0833. The van der Waals surface area contributed by atoms with Crippen molar-refractivity contribution in [2.45, 2.75) is 26.2 Å². The summed E-state index contributed by atoms with van der Waals surface area (Å²) in [5.41, 5.74) is 9.91. The average Bonchev–Trinajstić information content (AvgIpc) is 3.57. The lowest BCUT2D eigenvalue weighted by Crippen LogP contribution is -2.10. The van der Waals surface area contributed by atoms with Crippen molar-refractivity contribution in [2.75, 3.05) is 0 Å². The van der Waals surface area contributed by atoms with Gasteiger partial charge in [0.1, 0.15) is 11.2 Å². The van der Waals surface area contributed by atoms with Gasteiger partial charge >= 0.3 is 0 Å². The Morgan fingerprint density at radius 1 is 0.449 bits per heavy atom. The first kappa shape index (κ1) is 24.3. The Bertz CT molecular complexity index is 2930. The molecular weight excluding hydrogens is 593 g/mol. The second-order valence-corrected chi connectivity index (χ2v) is 13.7. The second kappa shape index (κ2) is 11.4. The van der Waals surface area contributed by atoms with Crippen LogP contribution in [0.3, 0.4) is 0 Å². The molecule has 0 amide bonds. The smallest absolute Gasteiger partial charge is 0.136 e. The summed E-state index contributed by atoms with van der Waals surface area (Å²) >= 11 is 0. The van der Waals surface area contributed by atoms with Crippen molar-refractivity contribution < 1.29 is 11.3 Å². The minimum absolute atomic E-state index is 0.187. The van der Waals surface area contributed by atoms with Crippen molar-refractivity contribution in [3.8, 4) is 44.5 Å². The molecule has 0 spiro atoms. The largest absolute Gasteiger partial charge is 0.456 e. The van der Waals surface area contributed by atoms with Gasteiger partial charge in [-0.1, -0.05) is 166 Å². The van der Waals surface area contributed by atoms with E-state index < -0.39 is 6.04 Å². The number of benzene rings is 8. The molecular formula is C48H36O. The molecule has 0 saturated carbocycles. The van der Waals surface area contributed by atoms with Crippen LogP contribution >= 0.6 is 0 Å². The van der Waals surface area contributed by atoms with Gasteiger partial charge in [-0.25, -0.2) is 0 Å². The van der Waals surface area contributed by atoms with Gasteiger partial charge in [0.25, 0.3) is 0 Å². The van der Waals surface area contributed by atoms with E-state index in [-0.39, 0.29) is 35.1 Å². The molecule has 1 heteroatoms. The Hall–Kier alpha value is -5.92. The summed E-state index contributed by atoms with van der Waals surface area (Å²) in [4.78, 5) is 0. The monoisotopic (exact) mass is 633 g/mol. The maximum atomic E-state index is 9.02. The van der Waals surface area contributed by atoms with E-state index in [2.05, 4.69) is 118 Å². The number of rotatable bonds is 4. The van der Waals surface area contributed by atoms with Gasteiger partial charge in [-0.2, -0.15) is 0 Å². The van der Waals surface area contributed by atoms with Gasteiger partial charge in [-0.05, 0) is 89.7 Å². The van der Waals surface area contributed by atoms with Crippen LogP contribution in [0.15, 0.2) is 168 Å². The molecule has 0 atom stereocenters. The van der Waals surface area contributed by atoms with Crippen molar-refractivity contribution in [2.24, 2.45) is 0 Å². The third kappa shape index (κ3) is 4.85. The van der Waals surface area contributed by atoms with Crippen molar-refractivity contribution >= 4 is 43.5 Å². The Balaban J connectivity index is 1.34. The molecule has 234 valence electrons. The van der Waals surface area contributed by atoms with Crippen LogP contribution < -0.4 is 0 Å². The van der Waals surface area contributed by atoms with Crippen LogP contribution in [0.2, 0.25) is 0 Å². The first-order valence-corrected chi connectivity index (χ1v) is 16.7. The van der Waals surface area contributed by atoms with E-state index in [1.165, 1.54) is 0 Å². The zero-order valence-electron chi connectivity index (χ0n) is 32.6. The predicted molar refractivity (Wildman–Crippen MR) is 209 cm³/mol. The van der Waals surface area contributed by atoms with E-state index in [1.807, 2.05) is 36.4 Å². The van der Waals surface area contributed by atoms with Crippen molar-refractivity contribution in [3.05, 3.63) is 169 Å². The zero-order chi connectivity index (χ0) is 37.5. The molecule has 1 heterocycles. The molecule has 0 radical (unpaired) electrons. The fourth-order valence-corrected chi connectivity index (χ4v) is 7.38. The van der Waals surface area contributed by atoms with Gasteiger partial charge in [0.15, 0.2) is 0 Å². The molecule has 0 fully saturated rings. The van der Waals surface area contributed by atoms with Crippen LogP contribution in [0.25, 0.3) is 88.0 Å². The van der Waals surface area contributed by atoms with Gasteiger partial charge < -0.3 is 4.42 Å². The molecule has 0 N–H and O–H groups in total. The molecule has 1 nitrogen and oxygen atoms in total. The topological polar surface area (TPSA) is 13.1 Å². The Kier molecular flexibility index (Phi) is 5.62. The first-order valence-electron chi connectivity index (χ1n) is 19.2. The maximum absolute atomic E-state index is 9.02. The first-order chi connectivity index (χ1) is 26.0. The standard InChI is InChI=1S/C48H36O/c1-48(2,3)35-26-27-39-41(30-35)45(32-16-8-5-9-17-32)38-19-11-10-18-37(38)44(39)33-22-24-34(25-23-33)46-36(31-14-6-4-7-15-31)28-29-43-47(46)40-20-12-13-21-42(40)49-43/h4-30H,1-3H3/i5D,8D,9D,16D,17D. The summed E-state index contributed by atoms with van der Waals surface area (Å²) in [6.45, 7) is 6.48. The summed E-state index contributed by atoms with van der Waals surface area (Å²) in [6, 6.07) is 44.5. The number of para-hydroxylation sites is 1. The van der Waals surface area contributed by atoms with E-state index in [1.54, 1.807) is 0 Å². The third-order valence-electron chi connectivity index (χ3n) is 9.73. The van der Waals surface area contributed by atoms with Crippen LogP contribution in [-0.4, -0.2) is 0 Å². The fourth-order valence-electron chi connectivity index (χ4n) is 7.38. The number of hydrogen-bond acceptors (Lipinski definition) is 1. The predicted octanol–water partition coefficient (Wildman–Crippen LogP) is 13.9. The summed E-state index contributed by atoms with van der Waals surface area (Å²) in [7, 11) is 0. The lowest BCUT2D eigenvalue weighted by molar-refractivity contribution is 0.591. The van der Waals surface area contributed by atoms with Crippen LogP contribution in [-0.2, 0) is 5.41 Å². The van der Waals surface area contributed by atoms with E-state index in [0.717, 1.165) is 82.4 Å². The van der Waals surface area contributed by atoms with E-state index in [9.17, 15) is 0 Å². The van der Waals surface area contributed by atoms with Crippen molar-refractivity contribution in [1.29, 1.82) is 0 Å². The van der Waals surface area contributed by atoms with Crippen LogP contribution in [0, 0.1) is 0 Å². The second-order valence-electron chi connectivity index (χ2n) is 13.7. The van der Waals surface area contributed by atoms with Crippen LogP contribution in [0.1, 0.15) is 33.2 Å². The van der Waals surface area contributed by atoms with Gasteiger partial charge in [0.2, 0.25) is 0 Å². The summed E-state index contributed by atoms with van der Waals surface area (Å²) in [5.74, 6) is 0. The third-order valence-corrected chi connectivity index (χ3v) is 9.73. The zero-order valence-corrected chi connectivity index (χ0v) is 27.6. The van der Waals surface area contributed by atoms with Crippen LogP contribution in [0.5, 0.6) is 0 Å². The molecule has 0 bridgehead atoms. The Morgan fingerprint density at radius 3 is 1.73 bits per heavy atom. The highest BCUT2D eigenvalue weighted by atomic mass is 16.3. The summed E-state index contributed by atoms with van der Waals surface area (Å²) in [6.07, 6.45) is 0. The minimum atomic E-state index is -0.399. The Labute approximate surface area is 294 Å². The van der Waals surface area contributed by atoms with Crippen molar-refractivity contribution in [3.63, 3.8) is 0 Å². The lowest BCUT2D eigenvalue weighted by atomic mass is 9.81. The van der Waals surface area contributed by atoms with Gasteiger partial charge in [0.05, 0.1) is 6.85 Å². The number of hydrogen-bond donors (Lipinski definition) is 0. The Morgan fingerprint density at radius 2 is 1.04 bits per heavy atom. The summed E-state index contributed by atoms with van der Waals surface area (Å²) in [5, 5.41) is 5.71. The summed E-state index contributed by atoms with van der Waals surface area (Å²) < 4.78 is 49.8. The SMILES string of the molecule is [2H]c1c([2H])c([2H])c(-c2c3ccccc3c(-c3ccc(-c4c(-c5ccccc5)ccc5oc6ccccc6c45)cc3)c3ccc(C(C)(C)C)cc23)c([2H])c1[2H]. The van der Waals surface area contributed by atoms with E-state index in [4.69, 9.17) is 11.3 Å². The highest BCUT2D eigenvalue weighted by Crippen LogP contribution is 2.47. The minimum Gasteiger partial charge on any atom is -0.456 e.